The van der Waals surface area contributed by atoms with Crippen molar-refractivity contribution in [3.63, 3.8) is 0 Å². The van der Waals surface area contributed by atoms with Gasteiger partial charge in [-0.1, -0.05) is 37.6 Å². The van der Waals surface area contributed by atoms with Gasteiger partial charge >= 0.3 is 0 Å². The summed E-state index contributed by atoms with van der Waals surface area (Å²) in [6.45, 7) is 5.21. The molecule has 2 aromatic rings. The zero-order chi connectivity index (χ0) is 23.3. The minimum absolute atomic E-state index is 0.311. The normalized spacial score (nSPS) is 18.7. The van der Waals surface area contributed by atoms with Crippen molar-refractivity contribution in [2.45, 2.75) is 49.6 Å². The molecule has 0 unspecified atom stereocenters. The van der Waals surface area contributed by atoms with Crippen molar-refractivity contribution in [1.29, 1.82) is 0 Å². The number of rotatable bonds is 7. The quantitative estimate of drug-likeness (QED) is 0.650. The van der Waals surface area contributed by atoms with E-state index in [1.807, 2.05) is 30.3 Å². The molecule has 0 aliphatic carbocycles. The summed E-state index contributed by atoms with van der Waals surface area (Å²) < 4.78 is 33.4. The van der Waals surface area contributed by atoms with Crippen molar-refractivity contribution in [2.75, 3.05) is 33.3 Å². The Morgan fingerprint density at radius 1 is 1.12 bits per heavy atom. The number of aliphatic imine (C=N–C) groups is 1. The van der Waals surface area contributed by atoms with Crippen molar-refractivity contribution >= 4 is 15.9 Å². The Hall–Kier alpha value is -2.42. The van der Waals surface area contributed by atoms with Gasteiger partial charge in [-0.2, -0.15) is 4.31 Å². The fraction of sp³-hybridized carbons (Fsp3) is 0.480. The molecule has 1 fully saturated rings. The van der Waals surface area contributed by atoms with Gasteiger partial charge in [-0.15, -0.1) is 0 Å². The maximum Gasteiger partial charge on any atom is 0.243 e. The molecule has 0 saturated carbocycles. The van der Waals surface area contributed by atoms with Crippen LogP contribution in [0.5, 0.6) is 5.75 Å². The van der Waals surface area contributed by atoms with Gasteiger partial charge in [-0.25, -0.2) is 8.42 Å². The number of amidine groups is 1. The van der Waals surface area contributed by atoms with Gasteiger partial charge in [-0.3, -0.25) is 4.99 Å². The summed E-state index contributed by atoms with van der Waals surface area (Å²) in [5, 5.41) is 7.15. The first kappa shape index (κ1) is 23.7. The van der Waals surface area contributed by atoms with E-state index in [1.165, 1.54) is 5.56 Å². The fourth-order valence-corrected chi connectivity index (χ4v) is 6.12. The summed E-state index contributed by atoms with van der Waals surface area (Å²) in [5.74, 6) is 1.76. The zero-order valence-electron chi connectivity index (χ0n) is 19.5. The fourth-order valence-electron chi connectivity index (χ4n) is 4.68. The second-order valence-corrected chi connectivity index (χ2v) is 10.7. The molecular weight excluding hydrogens is 436 g/mol. The summed E-state index contributed by atoms with van der Waals surface area (Å²) >= 11 is 0. The number of aryl methyl sites for hydroxylation is 1. The van der Waals surface area contributed by atoms with E-state index in [-0.39, 0.29) is 5.54 Å². The molecule has 2 aliphatic heterocycles. The number of benzene rings is 2. The lowest BCUT2D eigenvalue weighted by Gasteiger charge is -2.44. The molecule has 0 radical (unpaired) electrons. The number of sulfonamides is 1. The molecule has 2 aliphatic rings. The molecule has 1 saturated heterocycles. The van der Waals surface area contributed by atoms with E-state index in [1.54, 1.807) is 23.5 Å². The van der Waals surface area contributed by atoms with Gasteiger partial charge in [0.2, 0.25) is 10.0 Å². The average Bonchev–Trinajstić information content (AvgIpc) is 2.84. The van der Waals surface area contributed by atoms with Crippen LogP contribution in [0.15, 0.2) is 58.4 Å². The minimum atomic E-state index is -3.50. The Kier molecular flexibility index (Phi) is 7.36. The number of nitrogens with one attached hydrogen (secondary N) is 2. The van der Waals surface area contributed by atoms with Gasteiger partial charge in [0, 0.05) is 26.2 Å². The molecule has 1 spiro atoms. The lowest BCUT2D eigenvalue weighted by molar-refractivity contribution is 0.241. The largest absolute Gasteiger partial charge is 0.497 e. The van der Waals surface area contributed by atoms with Crippen LogP contribution in [0.1, 0.15) is 37.3 Å². The van der Waals surface area contributed by atoms with E-state index in [2.05, 4.69) is 23.6 Å². The monoisotopic (exact) mass is 470 g/mol. The van der Waals surface area contributed by atoms with Crippen LogP contribution in [0.4, 0.5) is 0 Å². The molecule has 0 amide bonds. The Bertz CT molecular complexity index is 1080. The molecule has 4 rings (SSSR count). The molecule has 8 heteroatoms. The highest BCUT2D eigenvalue weighted by molar-refractivity contribution is 7.89. The first-order valence-electron chi connectivity index (χ1n) is 11.7. The predicted octanol–water partition coefficient (Wildman–Crippen LogP) is 2.96. The first-order chi connectivity index (χ1) is 16.0. The highest BCUT2D eigenvalue weighted by Crippen LogP contribution is 2.29. The molecule has 0 atom stereocenters. The third kappa shape index (κ3) is 5.23. The van der Waals surface area contributed by atoms with Gasteiger partial charge in [0.05, 0.1) is 24.1 Å². The van der Waals surface area contributed by atoms with Crippen molar-refractivity contribution < 1.29 is 13.2 Å². The molecule has 178 valence electrons. The van der Waals surface area contributed by atoms with E-state index in [4.69, 9.17) is 9.73 Å². The maximum atomic E-state index is 13.2. The van der Waals surface area contributed by atoms with E-state index < -0.39 is 10.0 Å². The second kappa shape index (κ2) is 10.2. The van der Waals surface area contributed by atoms with Crippen molar-refractivity contribution in [1.82, 2.24) is 14.9 Å². The summed E-state index contributed by atoms with van der Waals surface area (Å²) in [6, 6.07) is 15.3. The molecular formula is C25H34N4O3S. The van der Waals surface area contributed by atoms with Crippen LogP contribution in [0.25, 0.3) is 0 Å². The van der Waals surface area contributed by atoms with Crippen LogP contribution < -0.4 is 15.4 Å². The number of methoxy groups -OCH3 is 1. The molecule has 2 aromatic carbocycles. The number of hydrogen-bond acceptors (Lipinski definition) is 6. The highest BCUT2D eigenvalue weighted by atomic mass is 32.2. The topological polar surface area (TPSA) is 83.0 Å². The zero-order valence-corrected chi connectivity index (χ0v) is 20.3. The smallest absolute Gasteiger partial charge is 0.243 e. The predicted molar refractivity (Wildman–Crippen MR) is 131 cm³/mol. The number of ether oxygens (including phenoxy) is 1. The van der Waals surface area contributed by atoms with Crippen molar-refractivity contribution in [2.24, 2.45) is 4.99 Å². The Morgan fingerprint density at radius 2 is 1.88 bits per heavy atom. The highest BCUT2D eigenvalue weighted by Gasteiger charge is 2.43. The molecule has 7 nitrogen and oxygen atoms in total. The minimum Gasteiger partial charge on any atom is -0.497 e. The molecule has 2 N–H and O–H groups in total. The lowest BCUT2D eigenvalue weighted by Crippen LogP contribution is -2.64. The average molecular weight is 471 g/mol. The lowest BCUT2D eigenvalue weighted by atomic mass is 9.85. The van der Waals surface area contributed by atoms with E-state index >= 15 is 0 Å². The third-order valence-corrected chi connectivity index (χ3v) is 8.48. The summed E-state index contributed by atoms with van der Waals surface area (Å²) in [7, 11) is -1.83. The maximum absolute atomic E-state index is 13.2. The molecule has 0 bridgehead atoms. The molecule has 2 heterocycles. The van der Waals surface area contributed by atoms with E-state index in [0.717, 1.165) is 36.5 Å². The van der Waals surface area contributed by atoms with Crippen LogP contribution in [0.2, 0.25) is 0 Å². The van der Waals surface area contributed by atoms with Crippen LogP contribution in [-0.4, -0.2) is 57.4 Å². The van der Waals surface area contributed by atoms with Gasteiger partial charge in [0.1, 0.15) is 11.6 Å². The van der Waals surface area contributed by atoms with Crippen LogP contribution in [0, 0.1) is 0 Å². The molecule has 0 aromatic heterocycles. The second-order valence-electron chi connectivity index (χ2n) is 8.74. The Morgan fingerprint density at radius 3 is 2.58 bits per heavy atom. The first-order valence-corrected chi connectivity index (χ1v) is 13.2. The van der Waals surface area contributed by atoms with Crippen molar-refractivity contribution in [3.8, 4) is 5.75 Å². The number of piperidine rings is 1. The van der Waals surface area contributed by atoms with Gasteiger partial charge in [0.15, 0.2) is 0 Å². The van der Waals surface area contributed by atoms with E-state index in [0.29, 0.717) is 43.9 Å². The third-order valence-electron chi connectivity index (χ3n) is 6.57. The number of hydrogen-bond donors (Lipinski definition) is 2. The Balaban J connectivity index is 1.42. The van der Waals surface area contributed by atoms with Gasteiger partial charge in [0.25, 0.3) is 0 Å². The van der Waals surface area contributed by atoms with Crippen LogP contribution in [0.3, 0.4) is 0 Å². The van der Waals surface area contributed by atoms with E-state index in [9.17, 15) is 8.42 Å². The van der Waals surface area contributed by atoms with Gasteiger partial charge < -0.3 is 15.4 Å². The summed E-state index contributed by atoms with van der Waals surface area (Å²) in [5.41, 5.74) is 1.97. The van der Waals surface area contributed by atoms with Crippen LogP contribution >= 0.6 is 0 Å². The summed E-state index contributed by atoms with van der Waals surface area (Å²) in [4.78, 5) is 5.16. The Labute approximate surface area is 197 Å². The summed E-state index contributed by atoms with van der Waals surface area (Å²) in [6.07, 6.45) is 3.38. The molecule has 33 heavy (non-hydrogen) atoms. The van der Waals surface area contributed by atoms with Crippen LogP contribution in [-0.2, 0) is 23.0 Å². The van der Waals surface area contributed by atoms with Crippen molar-refractivity contribution in [3.05, 3.63) is 59.7 Å². The van der Waals surface area contributed by atoms with Gasteiger partial charge in [-0.05, 0) is 54.7 Å². The number of nitrogens with zero attached hydrogens (tertiary/aromatic N) is 2. The standard InChI is InChI=1S/C25H34N4O3S/c1-3-5-20-8-10-23(11-9-20)33(30,31)29-16-12-25(13-17-29)24(26-14-15-28-25)27-19-21-6-4-7-22(18-21)32-2/h4,6-11,18,28H,3,5,12-17,19H2,1-2H3,(H,26,27). The SMILES string of the molecule is CCCc1ccc(S(=O)(=O)N2CCC3(CC2)NCCN=C3NCc2cccc(OC)c2)cc1.